The summed E-state index contributed by atoms with van der Waals surface area (Å²) < 4.78 is 28.7. The van der Waals surface area contributed by atoms with E-state index in [-0.39, 0.29) is 4.90 Å². The zero-order chi connectivity index (χ0) is 17.6. The monoisotopic (exact) mass is 374 g/mol. The van der Waals surface area contributed by atoms with Gasteiger partial charge in [0.1, 0.15) is 11.5 Å². The van der Waals surface area contributed by atoms with Crippen molar-refractivity contribution in [3.63, 3.8) is 0 Å². The van der Waals surface area contributed by atoms with Crippen LogP contribution in [0, 0.1) is 0 Å². The number of aromatic nitrogens is 1. The fraction of sp³-hybridized carbons (Fsp3) is 0.0556. The maximum atomic E-state index is 11.5. The minimum absolute atomic E-state index is 0.253. The lowest BCUT2D eigenvalue weighted by Crippen LogP contribution is -2.03. The average Bonchev–Trinajstić information content (AvgIpc) is 2.61. The summed E-state index contributed by atoms with van der Waals surface area (Å²) in [6.45, 7) is 0.323. The fourth-order valence-electron chi connectivity index (χ4n) is 2.28. The summed E-state index contributed by atoms with van der Waals surface area (Å²) >= 11 is 5.96. The van der Waals surface area contributed by atoms with Gasteiger partial charge in [-0.2, -0.15) is 0 Å². The van der Waals surface area contributed by atoms with E-state index in [4.69, 9.17) is 16.3 Å². The molecule has 1 N–H and O–H groups in total. The van der Waals surface area contributed by atoms with Crippen molar-refractivity contribution < 1.29 is 13.2 Å². The Morgan fingerprint density at radius 3 is 2.64 bits per heavy atom. The molecule has 3 aromatic rings. The number of pyridine rings is 1. The topological polar surface area (TPSA) is 68.3 Å². The Hall–Kier alpha value is -2.57. The Bertz CT molecular complexity index is 938. The molecular formula is C18H15ClN2O3S. The standard InChI is InChI=1S/C18H15ClN2O3S/c19-14-3-1-4-15(10-14)21-11-13-9-16(6-7-18(13)25(22)23)24-17-5-2-8-20-12-17/h1-10,12,21,25H,11H2. The Morgan fingerprint density at radius 2 is 1.92 bits per heavy atom. The number of nitrogens with one attached hydrogen (secondary N) is 1. The molecule has 7 heteroatoms. The molecule has 5 nitrogen and oxygen atoms in total. The normalized spacial score (nSPS) is 10.6. The zero-order valence-corrected chi connectivity index (χ0v) is 14.7. The van der Waals surface area contributed by atoms with E-state index in [1.165, 1.54) is 6.07 Å². The highest BCUT2D eigenvalue weighted by molar-refractivity contribution is 7.72. The maximum absolute atomic E-state index is 11.5. The van der Waals surface area contributed by atoms with E-state index >= 15 is 0 Å². The van der Waals surface area contributed by atoms with Gasteiger partial charge in [0.05, 0.1) is 11.1 Å². The maximum Gasteiger partial charge on any atom is 0.168 e. The molecule has 25 heavy (non-hydrogen) atoms. The van der Waals surface area contributed by atoms with Crippen molar-refractivity contribution in [3.05, 3.63) is 77.6 Å². The molecule has 0 unspecified atom stereocenters. The van der Waals surface area contributed by atoms with Crippen LogP contribution in [0.3, 0.4) is 0 Å². The minimum atomic E-state index is -2.71. The van der Waals surface area contributed by atoms with Gasteiger partial charge >= 0.3 is 0 Å². The number of hydrogen-bond donors (Lipinski definition) is 2. The second kappa shape index (κ2) is 8.00. The van der Waals surface area contributed by atoms with Crippen LogP contribution in [0.25, 0.3) is 0 Å². The van der Waals surface area contributed by atoms with Gasteiger partial charge in [-0.05, 0) is 54.1 Å². The molecule has 0 radical (unpaired) electrons. The Morgan fingerprint density at radius 1 is 1.04 bits per heavy atom. The van der Waals surface area contributed by atoms with E-state index in [0.29, 0.717) is 28.6 Å². The van der Waals surface area contributed by atoms with Gasteiger partial charge in [-0.1, -0.05) is 17.7 Å². The molecule has 3 rings (SSSR count). The highest BCUT2D eigenvalue weighted by atomic mass is 35.5. The van der Waals surface area contributed by atoms with E-state index in [9.17, 15) is 8.42 Å². The number of nitrogens with zero attached hydrogens (tertiary/aromatic N) is 1. The highest BCUT2D eigenvalue weighted by Gasteiger charge is 2.08. The predicted molar refractivity (Wildman–Crippen MR) is 98.1 cm³/mol. The van der Waals surface area contributed by atoms with Gasteiger partial charge in [0.15, 0.2) is 10.7 Å². The molecule has 0 aliphatic heterocycles. The van der Waals surface area contributed by atoms with Crippen molar-refractivity contribution in [2.75, 3.05) is 5.32 Å². The van der Waals surface area contributed by atoms with Gasteiger partial charge < -0.3 is 10.1 Å². The summed E-state index contributed by atoms with van der Waals surface area (Å²) in [6, 6.07) is 15.6. The summed E-state index contributed by atoms with van der Waals surface area (Å²) in [5.41, 5.74) is 1.41. The van der Waals surface area contributed by atoms with Crippen molar-refractivity contribution in [3.8, 4) is 11.5 Å². The Kier molecular flexibility index (Phi) is 5.53. The summed E-state index contributed by atoms with van der Waals surface area (Å²) in [5.74, 6) is 1.12. The largest absolute Gasteiger partial charge is 0.456 e. The highest BCUT2D eigenvalue weighted by Crippen LogP contribution is 2.25. The molecule has 0 bridgehead atoms. The van der Waals surface area contributed by atoms with Crippen LogP contribution in [0.4, 0.5) is 5.69 Å². The predicted octanol–water partition coefficient (Wildman–Crippen LogP) is 4.11. The lowest BCUT2D eigenvalue weighted by molar-refractivity contribution is 0.479. The van der Waals surface area contributed by atoms with Gasteiger partial charge in [0, 0.05) is 23.5 Å². The number of rotatable bonds is 6. The number of anilines is 1. The Labute approximate surface area is 152 Å². The first-order chi connectivity index (χ1) is 12.1. The van der Waals surface area contributed by atoms with Crippen LogP contribution < -0.4 is 10.1 Å². The van der Waals surface area contributed by atoms with Crippen molar-refractivity contribution in [2.24, 2.45) is 0 Å². The van der Waals surface area contributed by atoms with Crippen LogP contribution in [-0.2, 0) is 17.2 Å². The SMILES string of the molecule is O=[SH](=O)c1ccc(Oc2cccnc2)cc1CNc1cccc(Cl)c1. The first kappa shape index (κ1) is 17.3. The molecule has 0 atom stereocenters. The number of halogens is 1. The van der Waals surface area contributed by atoms with E-state index in [1.54, 1.807) is 48.8 Å². The molecule has 0 aliphatic carbocycles. The van der Waals surface area contributed by atoms with E-state index in [1.807, 2.05) is 12.1 Å². The van der Waals surface area contributed by atoms with Crippen LogP contribution >= 0.6 is 11.6 Å². The smallest absolute Gasteiger partial charge is 0.168 e. The van der Waals surface area contributed by atoms with Gasteiger partial charge in [-0.3, -0.25) is 4.98 Å². The van der Waals surface area contributed by atoms with Crippen molar-refractivity contribution in [1.29, 1.82) is 0 Å². The molecule has 0 saturated heterocycles. The molecular weight excluding hydrogens is 360 g/mol. The van der Waals surface area contributed by atoms with Crippen molar-refractivity contribution >= 4 is 28.0 Å². The van der Waals surface area contributed by atoms with Crippen LogP contribution in [0.1, 0.15) is 5.56 Å². The molecule has 1 aromatic heterocycles. The molecule has 0 fully saturated rings. The van der Waals surface area contributed by atoms with Crippen molar-refractivity contribution in [1.82, 2.24) is 4.98 Å². The fourth-order valence-corrected chi connectivity index (χ4v) is 3.05. The molecule has 0 amide bonds. The van der Waals surface area contributed by atoms with Crippen molar-refractivity contribution in [2.45, 2.75) is 11.4 Å². The minimum Gasteiger partial charge on any atom is -0.456 e. The van der Waals surface area contributed by atoms with E-state index < -0.39 is 10.7 Å². The lowest BCUT2D eigenvalue weighted by atomic mass is 10.2. The third kappa shape index (κ3) is 4.71. The molecule has 2 aromatic carbocycles. The summed E-state index contributed by atoms with van der Waals surface area (Å²) in [5, 5.41) is 3.77. The lowest BCUT2D eigenvalue weighted by Gasteiger charge is -2.11. The Balaban J connectivity index is 1.83. The number of ether oxygens (including phenoxy) is 1. The van der Waals surface area contributed by atoms with E-state index in [2.05, 4.69) is 10.3 Å². The van der Waals surface area contributed by atoms with Gasteiger partial charge in [0.2, 0.25) is 0 Å². The molecule has 0 spiro atoms. The van der Waals surface area contributed by atoms with E-state index in [0.717, 1.165) is 5.69 Å². The van der Waals surface area contributed by atoms with Gasteiger partial charge in [-0.25, -0.2) is 8.42 Å². The molecule has 0 saturated carbocycles. The zero-order valence-electron chi connectivity index (χ0n) is 13.1. The molecule has 0 aliphatic rings. The van der Waals surface area contributed by atoms with Gasteiger partial charge in [-0.15, -0.1) is 0 Å². The second-order valence-corrected chi connectivity index (χ2v) is 6.63. The third-order valence-corrected chi connectivity index (χ3v) is 4.49. The number of benzene rings is 2. The molecule has 1 heterocycles. The average molecular weight is 375 g/mol. The quantitative estimate of drug-likeness (QED) is 0.635. The molecule has 128 valence electrons. The second-order valence-electron chi connectivity index (χ2n) is 5.20. The summed E-state index contributed by atoms with van der Waals surface area (Å²) in [6.07, 6.45) is 3.24. The van der Waals surface area contributed by atoms with Crippen LogP contribution in [0.15, 0.2) is 71.9 Å². The first-order valence-corrected chi connectivity index (χ1v) is 9.02. The van der Waals surface area contributed by atoms with Crippen LogP contribution in [0.2, 0.25) is 5.02 Å². The summed E-state index contributed by atoms with van der Waals surface area (Å²) in [4.78, 5) is 4.24. The first-order valence-electron chi connectivity index (χ1n) is 7.46. The third-order valence-electron chi connectivity index (χ3n) is 3.43. The number of hydrogen-bond acceptors (Lipinski definition) is 5. The number of thiol groups is 1. The van der Waals surface area contributed by atoms with Crippen LogP contribution in [0.5, 0.6) is 11.5 Å². The summed E-state index contributed by atoms with van der Waals surface area (Å²) in [7, 11) is -2.71. The van der Waals surface area contributed by atoms with Crippen LogP contribution in [-0.4, -0.2) is 13.4 Å². The van der Waals surface area contributed by atoms with Gasteiger partial charge in [0.25, 0.3) is 0 Å².